The Hall–Kier alpha value is -2.76. The van der Waals surface area contributed by atoms with Gasteiger partial charge in [-0.05, 0) is 36.4 Å². The quantitative estimate of drug-likeness (QED) is 0.817. The molecule has 2 amide bonds. The van der Waals surface area contributed by atoms with E-state index < -0.39 is 0 Å². The Balaban J connectivity index is 1.28. The van der Waals surface area contributed by atoms with E-state index in [0.717, 1.165) is 45.0 Å². The van der Waals surface area contributed by atoms with Crippen molar-refractivity contribution in [3.05, 3.63) is 60.4 Å². The van der Waals surface area contributed by atoms with E-state index >= 15 is 0 Å². The summed E-state index contributed by atoms with van der Waals surface area (Å²) in [6.07, 6.45) is 0. The highest BCUT2D eigenvalue weighted by Crippen LogP contribution is 2.19. The second-order valence-corrected chi connectivity index (χ2v) is 7.04. The van der Waals surface area contributed by atoms with E-state index in [-0.39, 0.29) is 11.8 Å². The number of hydrogen-bond donors (Lipinski definition) is 0. The number of urea groups is 1. The van der Waals surface area contributed by atoms with Crippen molar-refractivity contribution in [1.82, 2.24) is 9.80 Å². The van der Waals surface area contributed by atoms with Crippen LogP contribution in [0.25, 0.3) is 0 Å². The van der Waals surface area contributed by atoms with E-state index in [1.807, 2.05) is 28.0 Å². The second-order valence-electron chi connectivity index (χ2n) is 7.04. The van der Waals surface area contributed by atoms with Crippen LogP contribution in [0.3, 0.4) is 0 Å². The molecule has 0 radical (unpaired) electrons. The van der Waals surface area contributed by atoms with Crippen LogP contribution in [0.1, 0.15) is 0 Å². The monoisotopic (exact) mass is 368 g/mol. The van der Waals surface area contributed by atoms with E-state index in [2.05, 4.69) is 21.9 Å². The van der Waals surface area contributed by atoms with Gasteiger partial charge in [-0.3, -0.25) is 0 Å². The van der Waals surface area contributed by atoms with E-state index in [1.165, 1.54) is 17.8 Å². The molecule has 142 valence electrons. The molecular formula is C21H25FN4O. The van der Waals surface area contributed by atoms with Crippen LogP contribution in [0.5, 0.6) is 0 Å². The average molecular weight is 368 g/mol. The SMILES string of the molecule is O=C(N1CCN(c2ccccc2)CC1)N1CCN(c2ccc(F)cc2)CC1. The number of rotatable bonds is 2. The molecule has 0 unspecified atom stereocenters. The van der Waals surface area contributed by atoms with Gasteiger partial charge in [-0.1, -0.05) is 18.2 Å². The lowest BCUT2D eigenvalue weighted by atomic mass is 10.2. The van der Waals surface area contributed by atoms with Crippen molar-refractivity contribution in [1.29, 1.82) is 0 Å². The number of halogens is 1. The molecule has 2 saturated heterocycles. The molecule has 0 aromatic heterocycles. The molecule has 2 heterocycles. The number of para-hydroxylation sites is 1. The molecule has 4 rings (SSSR count). The first-order valence-corrected chi connectivity index (χ1v) is 9.55. The average Bonchev–Trinajstić information content (AvgIpc) is 2.75. The van der Waals surface area contributed by atoms with Crippen molar-refractivity contribution >= 4 is 17.4 Å². The summed E-state index contributed by atoms with van der Waals surface area (Å²) in [5, 5.41) is 0. The zero-order valence-electron chi connectivity index (χ0n) is 15.4. The minimum Gasteiger partial charge on any atom is -0.368 e. The fourth-order valence-electron chi connectivity index (χ4n) is 3.80. The van der Waals surface area contributed by atoms with Crippen LogP contribution in [-0.2, 0) is 0 Å². The number of piperazine rings is 2. The first kappa shape index (κ1) is 17.6. The van der Waals surface area contributed by atoms with Crippen molar-refractivity contribution in [2.75, 3.05) is 62.2 Å². The van der Waals surface area contributed by atoms with Gasteiger partial charge in [-0.15, -0.1) is 0 Å². The first-order valence-electron chi connectivity index (χ1n) is 9.55. The number of amides is 2. The van der Waals surface area contributed by atoms with Crippen molar-refractivity contribution < 1.29 is 9.18 Å². The molecule has 2 aromatic carbocycles. The number of anilines is 2. The van der Waals surface area contributed by atoms with Crippen LogP contribution in [0.2, 0.25) is 0 Å². The van der Waals surface area contributed by atoms with Crippen LogP contribution in [0, 0.1) is 5.82 Å². The van der Waals surface area contributed by atoms with Crippen molar-refractivity contribution in [2.45, 2.75) is 0 Å². The molecule has 0 saturated carbocycles. The number of carbonyl (C=O) groups is 1. The molecule has 0 aliphatic carbocycles. The molecule has 0 spiro atoms. The highest BCUT2D eigenvalue weighted by atomic mass is 19.1. The van der Waals surface area contributed by atoms with E-state index in [1.54, 1.807) is 12.1 Å². The van der Waals surface area contributed by atoms with Gasteiger partial charge in [0, 0.05) is 63.7 Å². The fourth-order valence-corrected chi connectivity index (χ4v) is 3.80. The largest absolute Gasteiger partial charge is 0.368 e. The van der Waals surface area contributed by atoms with Crippen LogP contribution in [-0.4, -0.2) is 68.2 Å². The molecule has 2 aromatic rings. The molecule has 0 atom stereocenters. The Labute approximate surface area is 159 Å². The third-order valence-electron chi connectivity index (χ3n) is 5.41. The van der Waals surface area contributed by atoms with Crippen LogP contribution >= 0.6 is 0 Å². The zero-order valence-corrected chi connectivity index (χ0v) is 15.4. The third-order valence-corrected chi connectivity index (χ3v) is 5.41. The smallest absolute Gasteiger partial charge is 0.320 e. The minimum absolute atomic E-state index is 0.140. The Morgan fingerprint density at radius 3 is 1.56 bits per heavy atom. The lowest BCUT2D eigenvalue weighted by Gasteiger charge is -2.41. The maximum Gasteiger partial charge on any atom is 0.320 e. The van der Waals surface area contributed by atoms with Gasteiger partial charge in [0.1, 0.15) is 5.82 Å². The van der Waals surface area contributed by atoms with E-state index in [0.29, 0.717) is 13.1 Å². The molecule has 5 nitrogen and oxygen atoms in total. The summed E-state index contributed by atoms with van der Waals surface area (Å²) in [5.74, 6) is -0.220. The van der Waals surface area contributed by atoms with Crippen LogP contribution < -0.4 is 9.80 Å². The molecule has 0 N–H and O–H groups in total. The Morgan fingerprint density at radius 1 is 0.630 bits per heavy atom. The summed E-state index contributed by atoms with van der Waals surface area (Å²) in [7, 11) is 0. The highest BCUT2D eigenvalue weighted by Gasteiger charge is 2.28. The molecule has 0 bridgehead atoms. The topological polar surface area (TPSA) is 30.0 Å². The third kappa shape index (κ3) is 3.99. The highest BCUT2D eigenvalue weighted by molar-refractivity contribution is 5.75. The normalized spacial score (nSPS) is 18.0. The fraction of sp³-hybridized carbons (Fsp3) is 0.381. The molecule has 2 aliphatic rings. The standard InChI is InChI=1S/C21H25FN4O/c22-18-6-8-20(9-7-18)24-12-16-26(17-13-24)21(27)25-14-10-23(11-15-25)19-4-2-1-3-5-19/h1-9H,10-17H2. The zero-order chi connectivity index (χ0) is 18.6. The summed E-state index contributed by atoms with van der Waals surface area (Å²) in [6, 6.07) is 17.1. The van der Waals surface area contributed by atoms with Gasteiger partial charge in [0.25, 0.3) is 0 Å². The van der Waals surface area contributed by atoms with Crippen molar-refractivity contribution in [3.63, 3.8) is 0 Å². The number of hydrogen-bond acceptors (Lipinski definition) is 3. The molecule has 6 heteroatoms. The molecule has 2 fully saturated rings. The van der Waals surface area contributed by atoms with Gasteiger partial charge in [-0.25, -0.2) is 9.18 Å². The van der Waals surface area contributed by atoms with Gasteiger partial charge in [0.15, 0.2) is 0 Å². The van der Waals surface area contributed by atoms with Crippen molar-refractivity contribution in [2.24, 2.45) is 0 Å². The first-order chi connectivity index (χ1) is 13.2. The second kappa shape index (κ2) is 7.86. The minimum atomic E-state index is -0.220. The van der Waals surface area contributed by atoms with Gasteiger partial charge >= 0.3 is 6.03 Å². The Kier molecular flexibility index (Phi) is 5.14. The Bertz CT molecular complexity index is 752. The maximum absolute atomic E-state index is 13.1. The predicted octanol–water partition coefficient (Wildman–Crippen LogP) is 2.89. The summed E-state index contributed by atoms with van der Waals surface area (Å²) in [6.45, 7) is 6.21. The van der Waals surface area contributed by atoms with E-state index in [4.69, 9.17) is 0 Å². The predicted molar refractivity (Wildman–Crippen MR) is 106 cm³/mol. The maximum atomic E-state index is 13.1. The molecule has 2 aliphatic heterocycles. The number of nitrogens with zero attached hydrogens (tertiary/aromatic N) is 4. The Morgan fingerprint density at radius 2 is 1.07 bits per heavy atom. The summed E-state index contributed by atoms with van der Waals surface area (Å²) < 4.78 is 13.1. The van der Waals surface area contributed by atoms with Gasteiger partial charge < -0.3 is 19.6 Å². The lowest BCUT2D eigenvalue weighted by molar-refractivity contribution is 0.147. The summed E-state index contributed by atoms with van der Waals surface area (Å²) in [4.78, 5) is 21.3. The summed E-state index contributed by atoms with van der Waals surface area (Å²) in [5.41, 5.74) is 2.23. The van der Waals surface area contributed by atoms with Gasteiger partial charge in [0.05, 0.1) is 0 Å². The van der Waals surface area contributed by atoms with E-state index in [9.17, 15) is 9.18 Å². The number of carbonyl (C=O) groups excluding carboxylic acids is 1. The van der Waals surface area contributed by atoms with Gasteiger partial charge in [0.2, 0.25) is 0 Å². The summed E-state index contributed by atoms with van der Waals surface area (Å²) >= 11 is 0. The lowest BCUT2D eigenvalue weighted by Crippen LogP contribution is -2.57. The van der Waals surface area contributed by atoms with Crippen LogP contribution in [0.15, 0.2) is 54.6 Å². The molecular weight excluding hydrogens is 343 g/mol. The molecule has 27 heavy (non-hydrogen) atoms. The van der Waals surface area contributed by atoms with Gasteiger partial charge in [-0.2, -0.15) is 0 Å². The van der Waals surface area contributed by atoms with Crippen LogP contribution in [0.4, 0.5) is 20.6 Å². The number of benzene rings is 2. The van der Waals surface area contributed by atoms with Crippen molar-refractivity contribution in [3.8, 4) is 0 Å².